The second-order valence-corrected chi connectivity index (χ2v) is 5.68. The van der Waals surface area contributed by atoms with Gasteiger partial charge < -0.3 is 28.9 Å². The molecule has 0 saturated carbocycles. The summed E-state index contributed by atoms with van der Waals surface area (Å²) in [5.74, 6) is 0.534. The lowest BCUT2D eigenvalue weighted by molar-refractivity contribution is -0.139. The van der Waals surface area contributed by atoms with Crippen molar-refractivity contribution in [1.29, 1.82) is 0 Å². The molecule has 0 unspecified atom stereocenters. The number of nitrogens with zero attached hydrogens (tertiary/aromatic N) is 1. The van der Waals surface area contributed by atoms with E-state index >= 15 is 0 Å². The SMILES string of the molecule is COCOc1cc(CC(=O)OC)c(-c2cccc(C=NO)c2)c(OCOC)c1. The zero-order valence-electron chi connectivity index (χ0n) is 16.0. The van der Waals surface area contributed by atoms with Crippen LogP contribution in [-0.4, -0.2) is 52.3 Å². The van der Waals surface area contributed by atoms with Gasteiger partial charge in [0.25, 0.3) is 0 Å². The van der Waals surface area contributed by atoms with E-state index in [0.717, 1.165) is 5.56 Å². The lowest BCUT2D eigenvalue weighted by Crippen LogP contribution is -2.09. The summed E-state index contributed by atoms with van der Waals surface area (Å²) in [5, 5.41) is 11.9. The highest BCUT2D eigenvalue weighted by atomic mass is 16.7. The molecule has 8 nitrogen and oxygen atoms in total. The number of hydrogen-bond donors (Lipinski definition) is 1. The quantitative estimate of drug-likeness (QED) is 0.219. The van der Waals surface area contributed by atoms with Gasteiger partial charge in [0, 0.05) is 25.8 Å². The summed E-state index contributed by atoms with van der Waals surface area (Å²) in [4.78, 5) is 12.0. The Balaban J connectivity index is 2.63. The molecular formula is C20H23NO7. The summed E-state index contributed by atoms with van der Waals surface area (Å²) in [6, 6.07) is 10.7. The van der Waals surface area contributed by atoms with E-state index in [1.165, 1.54) is 27.5 Å². The maximum Gasteiger partial charge on any atom is 0.310 e. The van der Waals surface area contributed by atoms with E-state index < -0.39 is 5.97 Å². The minimum Gasteiger partial charge on any atom is -0.469 e. The van der Waals surface area contributed by atoms with Crippen LogP contribution in [0, 0.1) is 0 Å². The lowest BCUT2D eigenvalue weighted by Gasteiger charge is -2.18. The second kappa shape index (κ2) is 10.9. The number of hydrogen-bond acceptors (Lipinski definition) is 8. The third-order valence-electron chi connectivity index (χ3n) is 3.78. The van der Waals surface area contributed by atoms with Crippen LogP contribution in [0.15, 0.2) is 41.6 Å². The van der Waals surface area contributed by atoms with Gasteiger partial charge in [-0.15, -0.1) is 0 Å². The fraction of sp³-hybridized carbons (Fsp3) is 0.300. The molecule has 0 aliphatic heterocycles. The van der Waals surface area contributed by atoms with Gasteiger partial charge >= 0.3 is 5.97 Å². The maximum atomic E-state index is 12.0. The largest absolute Gasteiger partial charge is 0.469 e. The van der Waals surface area contributed by atoms with E-state index in [0.29, 0.717) is 28.2 Å². The smallest absolute Gasteiger partial charge is 0.310 e. The Morgan fingerprint density at radius 2 is 1.82 bits per heavy atom. The van der Waals surface area contributed by atoms with E-state index in [1.54, 1.807) is 18.2 Å². The summed E-state index contributed by atoms with van der Waals surface area (Å²) >= 11 is 0. The molecule has 0 saturated heterocycles. The summed E-state index contributed by atoms with van der Waals surface area (Å²) in [6.07, 6.45) is 1.33. The van der Waals surface area contributed by atoms with E-state index in [2.05, 4.69) is 5.16 Å². The van der Waals surface area contributed by atoms with Crippen molar-refractivity contribution in [2.45, 2.75) is 6.42 Å². The standard InChI is InChI=1S/C20H23NO7/c1-24-12-27-17-8-16(9-19(22)26-3)20(18(10-17)28-13-25-2)15-6-4-5-14(7-15)11-21-23/h4-8,10-11,23H,9,12-13H2,1-3H3. The molecule has 0 aliphatic carbocycles. The molecule has 2 aromatic rings. The van der Waals surface area contributed by atoms with Crippen molar-refractivity contribution in [2.24, 2.45) is 5.16 Å². The van der Waals surface area contributed by atoms with Crippen LogP contribution in [0.4, 0.5) is 0 Å². The fourth-order valence-electron chi connectivity index (χ4n) is 2.63. The molecule has 1 N–H and O–H groups in total. The Morgan fingerprint density at radius 1 is 1.07 bits per heavy atom. The average Bonchev–Trinajstić information content (AvgIpc) is 2.70. The van der Waals surface area contributed by atoms with Gasteiger partial charge in [-0.3, -0.25) is 4.79 Å². The Kier molecular flexibility index (Phi) is 8.26. The van der Waals surface area contributed by atoms with Crippen LogP contribution in [0.3, 0.4) is 0 Å². The molecule has 2 rings (SSSR count). The summed E-state index contributed by atoms with van der Waals surface area (Å²) in [7, 11) is 4.35. The lowest BCUT2D eigenvalue weighted by atomic mass is 9.95. The first-order valence-electron chi connectivity index (χ1n) is 8.38. The second-order valence-electron chi connectivity index (χ2n) is 5.68. The van der Waals surface area contributed by atoms with E-state index in [9.17, 15) is 4.79 Å². The first kappa shape index (κ1) is 21.2. The van der Waals surface area contributed by atoms with Gasteiger partial charge in [-0.05, 0) is 28.8 Å². The van der Waals surface area contributed by atoms with Gasteiger partial charge in [0.05, 0.1) is 19.7 Å². The van der Waals surface area contributed by atoms with Gasteiger partial charge in [-0.25, -0.2) is 0 Å². The molecule has 0 bridgehead atoms. The van der Waals surface area contributed by atoms with Gasteiger partial charge in [-0.1, -0.05) is 23.4 Å². The number of benzene rings is 2. The van der Waals surface area contributed by atoms with Crippen molar-refractivity contribution in [3.63, 3.8) is 0 Å². The Hall–Kier alpha value is -3.10. The molecule has 0 spiro atoms. The molecule has 2 aromatic carbocycles. The third kappa shape index (κ3) is 5.70. The predicted octanol–water partition coefficient (Wildman–Crippen LogP) is 2.84. The molecule has 150 valence electrons. The van der Waals surface area contributed by atoms with Gasteiger partial charge in [0.1, 0.15) is 11.5 Å². The molecular weight excluding hydrogens is 366 g/mol. The zero-order valence-corrected chi connectivity index (χ0v) is 16.0. The van der Waals surface area contributed by atoms with E-state index in [4.69, 9.17) is 28.9 Å². The topological polar surface area (TPSA) is 95.8 Å². The summed E-state index contributed by atoms with van der Waals surface area (Å²) in [5.41, 5.74) is 2.77. The minimum atomic E-state index is -0.407. The predicted molar refractivity (Wildman–Crippen MR) is 102 cm³/mol. The average molecular weight is 389 g/mol. The van der Waals surface area contributed by atoms with Crippen molar-refractivity contribution >= 4 is 12.2 Å². The molecule has 0 fully saturated rings. The van der Waals surface area contributed by atoms with Gasteiger partial charge in [0.2, 0.25) is 0 Å². The minimum absolute atomic E-state index is 0.0101. The highest BCUT2D eigenvalue weighted by Gasteiger charge is 2.18. The van der Waals surface area contributed by atoms with Crippen molar-refractivity contribution in [1.82, 2.24) is 0 Å². The molecule has 0 atom stereocenters. The van der Waals surface area contributed by atoms with Crippen LogP contribution in [0.5, 0.6) is 11.5 Å². The van der Waals surface area contributed by atoms with Crippen LogP contribution in [0.1, 0.15) is 11.1 Å². The molecule has 8 heteroatoms. The first-order valence-corrected chi connectivity index (χ1v) is 8.38. The van der Waals surface area contributed by atoms with Gasteiger partial charge in [-0.2, -0.15) is 0 Å². The van der Waals surface area contributed by atoms with Crippen LogP contribution >= 0.6 is 0 Å². The van der Waals surface area contributed by atoms with Gasteiger partial charge in [0.15, 0.2) is 13.6 Å². The van der Waals surface area contributed by atoms with Crippen LogP contribution in [0.25, 0.3) is 11.1 Å². The molecule has 0 aromatic heterocycles. The fourth-order valence-corrected chi connectivity index (χ4v) is 2.63. The number of ether oxygens (including phenoxy) is 5. The van der Waals surface area contributed by atoms with Crippen LogP contribution < -0.4 is 9.47 Å². The highest BCUT2D eigenvalue weighted by molar-refractivity contribution is 5.86. The zero-order chi connectivity index (χ0) is 20.4. The van der Waals surface area contributed by atoms with Crippen molar-refractivity contribution < 1.29 is 33.7 Å². The molecule has 0 aliphatic rings. The Bertz CT molecular complexity index is 820. The Labute approximate surface area is 163 Å². The van der Waals surface area contributed by atoms with Crippen molar-refractivity contribution in [2.75, 3.05) is 34.9 Å². The van der Waals surface area contributed by atoms with Crippen molar-refractivity contribution in [3.05, 3.63) is 47.5 Å². The first-order chi connectivity index (χ1) is 13.6. The molecule has 0 amide bonds. The number of oxime groups is 1. The van der Waals surface area contributed by atoms with E-state index in [-0.39, 0.29) is 20.0 Å². The highest BCUT2D eigenvalue weighted by Crippen LogP contribution is 2.38. The normalized spacial score (nSPS) is 10.8. The summed E-state index contributed by atoms with van der Waals surface area (Å²) in [6.45, 7) is 0.0549. The monoisotopic (exact) mass is 389 g/mol. The number of carbonyl (C=O) groups excluding carboxylic acids is 1. The molecule has 0 radical (unpaired) electrons. The van der Waals surface area contributed by atoms with Crippen molar-refractivity contribution in [3.8, 4) is 22.6 Å². The number of carbonyl (C=O) groups is 1. The molecule has 0 heterocycles. The summed E-state index contributed by atoms with van der Waals surface area (Å²) < 4.78 is 26.1. The Morgan fingerprint density at radius 3 is 2.50 bits per heavy atom. The molecule has 28 heavy (non-hydrogen) atoms. The number of rotatable bonds is 10. The van der Waals surface area contributed by atoms with Crippen LogP contribution in [-0.2, 0) is 25.4 Å². The number of methoxy groups -OCH3 is 3. The third-order valence-corrected chi connectivity index (χ3v) is 3.78. The van der Waals surface area contributed by atoms with E-state index in [1.807, 2.05) is 18.2 Å². The maximum absolute atomic E-state index is 12.0. The number of esters is 1. The van der Waals surface area contributed by atoms with Crippen LogP contribution in [0.2, 0.25) is 0 Å².